The van der Waals surface area contributed by atoms with Crippen molar-refractivity contribution in [2.75, 3.05) is 0 Å². The summed E-state index contributed by atoms with van der Waals surface area (Å²) in [6, 6.07) is 14.0. The summed E-state index contributed by atoms with van der Waals surface area (Å²) >= 11 is 0. The predicted octanol–water partition coefficient (Wildman–Crippen LogP) is 2.73. The van der Waals surface area contributed by atoms with Gasteiger partial charge >= 0.3 is 0 Å². The first kappa shape index (κ1) is 9.09. The molecule has 0 atom stereocenters. The minimum atomic E-state index is 0.909. The average Bonchev–Trinajstić information content (AvgIpc) is 2.66. The van der Waals surface area contributed by atoms with Crippen molar-refractivity contribution in [2.45, 2.75) is 6.92 Å². The Bertz CT molecular complexity index is 626. The number of pyridine rings is 1. The summed E-state index contributed by atoms with van der Waals surface area (Å²) in [5.74, 6) is 0.958. The SMILES string of the molecule is Cc1nc2cccnc2n1-c1ccccc1. The topological polar surface area (TPSA) is 30.7 Å². The molecule has 3 aromatic rings. The van der Waals surface area contributed by atoms with Gasteiger partial charge in [0.05, 0.1) is 0 Å². The van der Waals surface area contributed by atoms with E-state index < -0.39 is 0 Å². The highest BCUT2D eigenvalue weighted by atomic mass is 15.1. The highest BCUT2D eigenvalue weighted by Crippen LogP contribution is 2.18. The molecule has 16 heavy (non-hydrogen) atoms. The average molecular weight is 209 g/mol. The summed E-state index contributed by atoms with van der Waals surface area (Å²) in [5, 5.41) is 0. The molecule has 2 heterocycles. The Morgan fingerprint density at radius 3 is 2.62 bits per heavy atom. The molecule has 0 radical (unpaired) electrons. The van der Waals surface area contributed by atoms with Gasteiger partial charge in [-0.2, -0.15) is 0 Å². The van der Waals surface area contributed by atoms with Gasteiger partial charge in [-0.1, -0.05) is 18.2 Å². The Balaban J connectivity index is 2.35. The molecule has 0 amide bonds. The van der Waals surface area contributed by atoms with Crippen LogP contribution in [0.2, 0.25) is 0 Å². The molecule has 0 aliphatic carbocycles. The molecule has 3 rings (SSSR count). The van der Waals surface area contributed by atoms with Crippen LogP contribution in [0.4, 0.5) is 0 Å². The van der Waals surface area contributed by atoms with E-state index in [1.165, 1.54) is 0 Å². The molecule has 0 aliphatic heterocycles. The molecule has 0 N–H and O–H groups in total. The fourth-order valence-corrected chi connectivity index (χ4v) is 1.91. The number of rotatable bonds is 1. The van der Waals surface area contributed by atoms with E-state index in [1.807, 2.05) is 37.3 Å². The van der Waals surface area contributed by atoms with Gasteiger partial charge in [-0.05, 0) is 31.2 Å². The van der Waals surface area contributed by atoms with Gasteiger partial charge in [0, 0.05) is 11.9 Å². The second-order valence-corrected chi connectivity index (χ2v) is 3.68. The van der Waals surface area contributed by atoms with Crippen LogP contribution in [0.5, 0.6) is 0 Å². The number of hydrogen-bond acceptors (Lipinski definition) is 2. The van der Waals surface area contributed by atoms with Crippen LogP contribution < -0.4 is 0 Å². The van der Waals surface area contributed by atoms with Gasteiger partial charge in [-0.25, -0.2) is 9.97 Å². The lowest BCUT2D eigenvalue weighted by molar-refractivity contribution is 0.987. The van der Waals surface area contributed by atoms with E-state index in [0.717, 1.165) is 22.7 Å². The molecule has 0 spiro atoms. The number of para-hydroxylation sites is 1. The zero-order chi connectivity index (χ0) is 11.0. The van der Waals surface area contributed by atoms with E-state index >= 15 is 0 Å². The number of aryl methyl sites for hydroxylation is 1. The third-order valence-corrected chi connectivity index (χ3v) is 2.60. The van der Waals surface area contributed by atoms with E-state index in [4.69, 9.17) is 0 Å². The van der Waals surface area contributed by atoms with Crippen LogP contribution >= 0.6 is 0 Å². The van der Waals surface area contributed by atoms with Crippen molar-refractivity contribution < 1.29 is 0 Å². The summed E-state index contributed by atoms with van der Waals surface area (Å²) in [4.78, 5) is 8.87. The predicted molar refractivity (Wildman–Crippen MR) is 63.6 cm³/mol. The first-order chi connectivity index (χ1) is 7.86. The Hall–Kier alpha value is -2.16. The van der Waals surface area contributed by atoms with Gasteiger partial charge in [0.15, 0.2) is 5.65 Å². The lowest BCUT2D eigenvalue weighted by Gasteiger charge is -2.04. The Morgan fingerprint density at radius 1 is 1.00 bits per heavy atom. The van der Waals surface area contributed by atoms with Crippen molar-refractivity contribution in [3.63, 3.8) is 0 Å². The lowest BCUT2D eigenvalue weighted by Crippen LogP contribution is -1.97. The van der Waals surface area contributed by atoms with Crippen molar-refractivity contribution >= 4 is 11.2 Å². The highest BCUT2D eigenvalue weighted by molar-refractivity contribution is 5.73. The first-order valence-electron chi connectivity index (χ1n) is 5.22. The zero-order valence-electron chi connectivity index (χ0n) is 8.96. The van der Waals surface area contributed by atoms with E-state index in [1.54, 1.807) is 6.20 Å². The van der Waals surface area contributed by atoms with Crippen molar-refractivity contribution in [3.8, 4) is 5.69 Å². The smallest absolute Gasteiger partial charge is 0.164 e. The fraction of sp³-hybridized carbons (Fsp3) is 0.0769. The van der Waals surface area contributed by atoms with Crippen molar-refractivity contribution in [2.24, 2.45) is 0 Å². The van der Waals surface area contributed by atoms with Crippen LogP contribution in [0.15, 0.2) is 48.7 Å². The number of fused-ring (bicyclic) bond motifs is 1. The summed E-state index contributed by atoms with van der Waals surface area (Å²) in [6.45, 7) is 1.99. The van der Waals surface area contributed by atoms with Gasteiger partial charge in [-0.15, -0.1) is 0 Å². The Morgan fingerprint density at radius 2 is 1.81 bits per heavy atom. The molecule has 0 aliphatic rings. The van der Waals surface area contributed by atoms with Crippen LogP contribution in [-0.2, 0) is 0 Å². The number of imidazole rings is 1. The fourth-order valence-electron chi connectivity index (χ4n) is 1.91. The minimum Gasteiger partial charge on any atom is -0.281 e. The summed E-state index contributed by atoms with van der Waals surface area (Å²) < 4.78 is 2.06. The molecule has 0 saturated carbocycles. The molecule has 78 valence electrons. The van der Waals surface area contributed by atoms with Crippen LogP contribution in [0.1, 0.15) is 5.82 Å². The van der Waals surface area contributed by atoms with E-state index in [-0.39, 0.29) is 0 Å². The molecule has 1 aromatic carbocycles. The molecule has 0 fully saturated rings. The van der Waals surface area contributed by atoms with Gasteiger partial charge in [0.1, 0.15) is 11.3 Å². The van der Waals surface area contributed by atoms with Gasteiger partial charge in [-0.3, -0.25) is 4.57 Å². The Labute approximate surface area is 93.4 Å². The van der Waals surface area contributed by atoms with Gasteiger partial charge in [0.2, 0.25) is 0 Å². The van der Waals surface area contributed by atoms with Gasteiger partial charge < -0.3 is 0 Å². The standard InChI is InChI=1S/C13H11N3/c1-10-15-12-8-5-9-14-13(12)16(10)11-6-3-2-4-7-11/h2-9H,1H3. The second-order valence-electron chi connectivity index (χ2n) is 3.68. The molecule has 0 unspecified atom stereocenters. The number of nitrogens with zero attached hydrogens (tertiary/aromatic N) is 3. The summed E-state index contributed by atoms with van der Waals surface area (Å²) in [7, 11) is 0. The molecule has 2 aromatic heterocycles. The molecule has 3 nitrogen and oxygen atoms in total. The summed E-state index contributed by atoms with van der Waals surface area (Å²) in [5.41, 5.74) is 2.94. The van der Waals surface area contributed by atoms with Crippen molar-refractivity contribution in [3.05, 3.63) is 54.5 Å². The zero-order valence-corrected chi connectivity index (χ0v) is 8.96. The summed E-state index contributed by atoms with van der Waals surface area (Å²) in [6.07, 6.45) is 1.79. The maximum Gasteiger partial charge on any atom is 0.164 e. The van der Waals surface area contributed by atoms with Crippen LogP contribution in [0, 0.1) is 6.92 Å². The molecular weight excluding hydrogens is 198 g/mol. The van der Waals surface area contributed by atoms with Crippen LogP contribution in [-0.4, -0.2) is 14.5 Å². The number of hydrogen-bond donors (Lipinski definition) is 0. The highest BCUT2D eigenvalue weighted by Gasteiger charge is 2.08. The van der Waals surface area contributed by atoms with E-state index in [2.05, 4.69) is 26.7 Å². The molecule has 0 bridgehead atoms. The van der Waals surface area contributed by atoms with E-state index in [9.17, 15) is 0 Å². The maximum atomic E-state index is 4.49. The molecule has 0 saturated heterocycles. The molecule has 3 heteroatoms. The monoisotopic (exact) mass is 209 g/mol. The molecular formula is C13H11N3. The van der Waals surface area contributed by atoms with Crippen molar-refractivity contribution in [1.29, 1.82) is 0 Å². The minimum absolute atomic E-state index is 0.909. The van der Waals surface area contributed by atoms with Crippen LogP contribution in [0.25, 0.3) is 16.9 Å². The van der Waals surface area contributed by atoms with Crippen molar-refractivity contribution in [1.82, 2.24) is 14.5 Å². The number of aromatic nitrogens is 3. The third-order valence-electron chi connectivity index (χ3n) is 2.60. The number of benzene rings is 1. The largest absolute Gasteiger partial charge is 0.281 e. The van der Waals surface area contributed by atoms with Gasteiger partial charge in [0.25, 0.3) is 0 Å². The van der Waals surface area contributed by atoms with E-state index in [0.29, 0.717) is 0 Å². The quantitative estimate of drug-likeness (QED) is 0.617. The first-order valence-corrected chi connectivity index (χ1v) is 5.22. The lowest BCUT2D eigenvalue weighted by atomic mass is 10.3. The normalized spacial score (nSPS) is 10.8. The van der Waals surface area contributed by atoms with Crippen LogP contribution in [0.3, 0.4) is 0 Å². The third kappa shape index (κ3) is 1.29. The second kappa shape index (κ2) is 3.45. The Kier molecular flexibility index (Phi) is 1.96. The maximum absolute atomic E-state index is 4.49.